The van der Waals surface area contributed by atoms with Crippen LogP contribution in [0.1, 0.15) is 37.8 Å². The molecule has 4 nitrogen and oxygen atoms in total. The smallest absolute Gasteiger partial charge is 0.0492 e. The minimum absolute atomic E-state index is 0.353. The van der Waals surface area contributed by atoms with Crippen LogP contribution < -0.4 is 5.73 Å². The van der Waals surface area contributed by atoms with E-state index >= 15 is 0 Å². The standard InChI is InChI=1S/C15H26N4/c1-18-13-3-4-14(18)10-11(9-13)15(16)6-5-12-7-8-17-19(12)2/h7-8,11,13-15H,3-6,9-10,16H2,1-2H3. The zero-order valence-corrected chi connectivity index (χ0v) is 12.1. The predicted molar refractivity (Wildman–Crippen MR) is 76.8 cm³/mol. The van der Waals surface area contributed by atoms with Gasteiger partial charge in [-0.1, -0.05) is 0 Å². The second-order valence-electron chi connectivity index (χ2n) is 6.43. The molecule has 106 valence electrons. The van der Waals surface area contributed by atoms with Gasteiger partial charge in [-0.15, -0.1) is 0 Å². The first-order valence-electron chi connectivity index (χ1n) is 7.59. The van der Waals surface area contributed by atoms with E-state index in [-0.39, 0.29) is 0 Å². The quantitative estimate of drug-likeness (QED) is 0.895. The highest BCUT2D eigenvalue weighted by Gasteiger charge is 2.39. The van der Waals surface area contributed by atoms with Crippen molar-refractivity contribution < 1.29 is 0 Å². The Morgan fingerprint density at radius 2 is 2.00 bits per heavy atom. The lowest BCUT2D eigenvalue weighted by Gasteiger charge is -2.38. The molecule has 4 heteroatoms. The lowest BCUT2D eigenvalue weighted by atomic mass is 9.83. The summed E-state index contributed by atoms with van der Waals surface area (Å²) < 4.78 is 1.96. The average molecular weight is 262 g/mol. The predicted octanol–water partition coefficient (Wildman–Crippen LogP) is 1.55. The van der Waals surface area contributed by atoms with Crippen LogP contribution in [0.3, 0.4) is 0 Å². The van der Waals surface area contributed by atoms with Crippen molar-refractivity contribution in [2.75, 3.05) is 7.05 Å². The molecule has 2 aliphatic rings. The molecule has 2 aliphatic heterocycles. The highest BCUT2D eigenvalue weighted by Crippen LogP contribution is 2.38. The Morgan fingerprint density at radius 1 is 1.32 bits per heavy atom. The van der Waals surface area contributed by atoms with Crippen LogP contribution in [-0.2, 0) is 13.5 Å². The van der Waals surface area contributed by atoms with Crippen LogP contribution in [0.5, 0.6) is 0 Å². The summed E-state index contributed by atoms with van der Waals surface area (Å²) >= 11 is 0. The van der Waals surface area contributed by atoms with E-state index in [0.29, 0.717) is 6.04 Å². The highest BCUT2D eigenvalue weighted by molar-refractivity contribution is 5.02. The fourth-order valence-corrected chi connectivity index (χ4v) is 4.00. The molecule has 0 aromatic carbocycles. The largest absolute Gasteiger partial charge is 0.327 e. The fraction of sp³-hybridized carbons (Fsp3) is 0.800. The molecular weight excluding hydrogens is 236 g/mol. The molecule has 3 unspecified atom stereocenters. The van der Waals surface area contributed by atoms with E-state index in [1.807, 2.05) is 17.9 Å². The van der Waals surface area contributed by atoms with Crippen LogP contribution in [-0.4, -0.2) is 39.9 Å². The first kappa shape index (κ1) is 13.1. The van der Waals surface area contributed by atoms with Crippen LogP contribution in [0.15, 0.2) is 12.3 Å². The Bertz CT molecular complexity index is 414. The third-order valence-corrected chi connectivity index (χ3v) is 5.40. The van der Waals surface area contributed by atoms with Crippen molar-refractivity contribution in [1.29, 1.82) is 0 Å². The lowest BCUT2D eigenvalue weighted by molar-refractivity contribution is 0.119. The van der Waals surface area contributed by atoms with Gasteiger partial charge in [-0.05, 0) is 57.6 Å². The summed E-state index contributed by atoms with van der Waals surface area (Å²) in [4.78, 5) is 2.59. The van der Waals surface area contributed by atoms with E-state index in [1.165, 1.54) is 31.4 Å². The van der Waals surface area contributed by atoms with Crippen LogP contribution in [0, 0.1) is 5.92 Å². The number of nitrogens with zero attached hydrogens (tertiary/aromatic N) is 3. The van der Waals surface area contributed by atoms with Crippen molar-refractivity contribution in [3.05, 3.63) is 18.0 Å². The summed E-state index contributed by atoms with van der Waals surface area (Å²) in [5.41, 5.74) is 7.76. The topological polar surface area (TPSA) is 47.1 Å². The summed E-state index contributed by atoms with van der Waals surface area (Å²) in [5, 5.41) is 4.22. The van der Waals surface area contributed by atoms with Gasteiger partial charge in [-0.3, -0.25) is 4.68 Å². The van der Waals surface area contributed by atoms with E-state index < -0.39 is 0 Å². The third kappa shape index (κ3) is 2.56. The molecule has 0 spiro atoms. The number of hydrogen-bond acceptors (Lipinski definition) is 3. The van der Waals surface area contributed by atoms with Crippen molar-refractivity contribution >= 4 is 0 Å². The Balaban J connectivity index is 1.54. The number of hydrogen-bond donors (Lipinski definition) is 1. The molecule has 0 aliphatic carbocycles. The molecule has 0 saturated carbocycles. The molecule has 1 aromatic rings. The summed E-state index contributed by atoms with van der Waals surface area (Å²) in [7, 11) is 4.30. The molecule has 1 aromatic heterocycles. The zero-order valence-electron chi connectivity index (χ0n) is 12.1. The van der Waals surface area contributed by atoms with Gasteiger partial charge >= 0.3 is 0 Å². The molecule has 3 heterocycles. The molecule has 2 fully saturated rings. The molecule has 2 saturated heterocycles. The van der Waals surface area contributed by atoms with E-state index in [2.05, 4.69) is 23.1 Å². The SMILES string of the molecule is CN1C2CCC1CC(C(N)CCc1ccnn1C)C2. The molecule has 3 atom stereocenters. The molecule has 2 bridgehead atoms. The maximum atomic E-state index is 6.46. The molecule has 3 rings (SSSR count). The summed E-state index contributed by atoms with van der Waals surface area (Å²) in [6, 6.07) is 4.05. The summed E-state index contributed by atoms with van der Waals surface area (Å²) in [6.07, 6.45) is 9.39. The van der Waals surface area contributed by atoms with Crippen LogP contribution in [0.25, 0.3) is 0 Å². The van der Waals surface area contributed by atoms with Gasteiger partial charge in [0.05, 0.1) is 0 Å². The molecule has 2 N–H and O–H groups in total. The maximum Gasteiger partial charge on any atom is 0.0492 e. The zero-order chi connectivity index (χ0) is 13.4. The van der Waals surface area contributed by atoms with Gasteiger partial charge in [0.1, 0.15) is 0 Å². The number of piperidine rings is 1. The van der Waals surface area contributed by atoms with Crippen LogP contribution >= 0.6 is 0 Å². The van der Waals surface area contributed by atoms with Crippen molar-refractivity contribution in [3.63, 3.8) is 0 Å². The van der Waals surface area contributed by atoms with Crippen molar-refractivity contribution in [3.8, 4) is 0 Å². The molecular formula is C15H26N4. The Hall–Kier alpha value is -0.870. The highest BCUT2D eigenvalue weighted by atomic mass is 15.3. The van der Waals surface area contributed by atoms with E-state index in [0.717, 1.165) is 30.8 Å². The number of fused-ring (bicyclic) bond motifs is 2. The van der Waals surface area contributed by atoms with Crippen molar-refractivity contribution in [2.24, 2.45) is 18.7 Å². The monoisotopic (exact) mass is 262 g/mol. The van der Waals surface area contributed by atoms with Crippen molar-refractivity contribution in [1.82, 2.24) is 14.7 Å². The summed E-state index contributed by atoms with van der Waals surface area (Å²) in [5.74, 6) is 0.724. The van der Waals surface area contributed by atoms with Gasteiger partial charge in [-0.2, -0.15) is 5.10 Å². The minimum Gasteiger partial charge on any atom is -0.327 e. The number of aryl methyl sites for hydroxylation is 2. The van der Waals surface area contributed by atoms with Crippen LogP contribution in [0.4, 0.5) is 0 Å². The normalized spacial score (nSPS) is 32.7. The van der Waals surface area contributed by atoms with E-state index in [9.17, 15) is 0 Å². The van der Waals surface area contributed by atoms with Gasteiger partial charge in [-0.25, -0.2) is 0 Å². The third-order valence-electron chi connectivity index (χ3n) is 5.40. The second-order valence-corrected chi connectivity index (χ2v) is 6.43. The Morgan fingerprint density at radius 3 is 2.58 bits per heavy atom. The second kappa shape index (κ2) is 5.25. The van der Waals surface area contributed by atoms with Crippen molar-refractivity contribution in [2.45, 2.75) is 56.7 Å². The van der Waals surface area contributed by atoms with E-state index in [1.54, 1.807) is 0 Å². The minimum atomic E-state index is 0.353. The van der Waals surface area contributed by atoms with E-state index in [4.69, 9.17) is 5.73 Å². The van der Waals surface area contributed by atoms with Gasteiger partial charge in [0, 0.05) is 37.1 Å². The Kier molecular flexibility index (Phi) is 3.63. The number of nitrogens with two attached hydrogens (primary N) is 1. The van der Waals surface area contributed by atoms with Crippen LogP contribution in [0.2, 0.25) is 0 Å². The van der Waals surface area contributed by atoms with Gasteiger partial charge in [0.15, 0.2) is 0 Å². The molecule has 0 amide bonds. The summed E-state index contributed by atoms with van der Waals surface area (Å²) in [6.45, 7) is 0. The van der Waals surface area contributed by atoms with Gasteiger partial charge < -0.3 is 10.6 Å². The lowest BCUT2D eigenvalue weighted by Crippen LogP contribution is -2.45. The maximum absolute atomic E-state index is 6.46. The number of aromatic nitrogens is 2. The van der Waals surface area contributed by atoms with Gasteiger partial charge in [0.25, 0.3) is 0 Å². The molecule has 19 heavy (non-hydrogen) atoms. The molecule has 0 radical (unpaired) electrons. The first-order chi connectivity index (χ1) is 9.15. The Labute approximate surface area is 116 Å². The number of rotatable bonds is 4. The average Bonchev–Trinajstić information content (AvgIpc) is 2.87. The van der Waals surface area contributed by atoms with Gasteiger partial charge in [0.2, 0.25) is 0 Å². The first-order valence-corrected chi connectivity index (χ1v) is 7.59. The fourth-order valence-electron chi connectivity index (χ4n) is 4.00.